The smallest absolute Gasteiger partial charge is 0.140 e. The first-order valence-electron chi connectivity index (χ1n) is 6.91. The Hall–Kier alpha value is -2.36. The van der Waals surface area contributed by atoms with Gasteiger partial charge in [0, 0.05) is 11.3 Å². The van der Waals surface area contributed by atoms with Crippen LogP contribution in [0.5, 0.6) is 0 Å². The fraction of sp³-hybridized carbons (Fsp3) is 0. The Kier molecular flexibility index (Phi) is 1.35. The van der Waals surface area contributed by atoms with Crippen LogP contribution in [0, 0.1) is 5.82 Å². The average Bonchev–Trinajstić information content (AvgIpc) is 2.88. The zero-order valence-electron chi connectivity index (χ0n) is 12.6. The van der Waals surface area contributed by atoms with Crippen molar-refractivity contribution in [1.29, 1.82) is 0 Å². The van der Waals surface area contributed by atoms with Gasteiger partial charge in [0.25, 0.3) is 0 Å². The lowest BCUT2D eigenvalue weighted by atomic mass is 10.1. The van der Waals surface area contributed by atoms with Gasteiger partial charge in [0.1, 0.15) is 11.6 Å². The number of aromatic nitrogens is 2. The molecule has 0 fully saturated rings. The van der Waals surface area contributed by atoms with E-state index in [4.69, 9.17) is 11.2 Å². The molecule has 0 atom stereocenters. The molecule has 0 aliphatic heterocycles. The highest BCUT2D eigenvalue weighted by Gasteiger charge is 2.08. The number of halogens is 1. The Balaban J connectivity index is 2.31. The average molecular weight is 231 g/mol. The van der Waals surface area contributed by atoms with E-state index >= 15 is 0 Å². The van der Waals surface area contributed by atoms with Crippen LogP contribution in [0.3, 0.4) is 0 Å². The largest absolute Gasteiger partial charge is 0.398 e. The van der Waals surface area contributed by atoms with Crippen molar-refractivity contribution in [2.24, 2.45) is 0 Å². The molecular formula is C13H10FN3. The standard InChI is InChI=1S/C13H10FN3/c14-8-5-6-9(10(15)7-8)13-16-11-3-1-2-4-12(11)17-13/h1-7H,15H2,(H,16,17)/i1D,2D,3D,4D. The molecule has 0 saturated heterocycles. The van der Waals surface area contributed by atoms with E-state index in [1.807, 2.05) is 0 Å². The number of nitrogens with one attached hydrogen (secondary N) is 1. The molecule has 4 heteroatoms. The quantitative estimate of drug-likeness (QED) is 0.632. The van der Waals surface area contributed by atoms with Gasteiger partial charge in [-0.1, -0.05) is 12.1 Å². The number of aromatic amines is 1. The number of hydrogen-bond acceptors (Lipinski definition) is 2. The number of nitrogens with two attached hydrogens (primary N) is 1. The number of rotatable bonds is 1. The Morgan fingerprint density at radius 2 is 2.12 bits per heavy atom. The normalized spacial score (nSPS) is 14.2. The highest BCUT2D eigenvalue weighted by atomic mass is 19.1. The SMILES string of the molecule is [2H]c1c([2H])c([2H])c2[nH]c(-c3ccc(F)cc3N)nc2c1[2H]. The van der Waals surface area contributed by atoms with Crippen molar-refractivity contribution in [3.8, 4) is 11.4 Å². The maximum absolute atomic E-state index is 13.1. The first-order valence-corrected chi connectivity index (χ1v) is 4.91. The van der Waals surface area contributed by atoms with Crippen LogP contribution in [-0.4, -0.2) is 9.97 Å². The molecule has 17 heavy (non-hydrogen) atoms. The predicted octanol–water partition coefficient (Wildman–Crippen LogP) is 2.95. The van der Waals surface area contributed by atoms with E-state index in [1.165, 1.54) is 12.1 Å². The number of para-hydroxylation sites is 2. The van der Waals surface area contributed by atoms with E-state index in [0.717, 1.165) is 6.07 Å². The summed E-state index contributed by atoms with van der Waals surface area (Å²) in [6.07, 6.45) is 0. The maximum Gasteiger partial charge on any atom is 0.140 e. The second kappa shape index (κ2) is 3.59. The van der Waals surface area contributed by atoms with Gasteiger partial charge >= 0.3 is 0 Å². The second-order valence-corrected chi connectivity index (χ2v) is 3.54. The number of anilines is 1. The van der Waals surface area contributed by atoms with Crippen molar-refractivity contribution in [1.82, 2.24) is 9.97 Å². The molecule has 0 bridgehead atoms. The number of H-pyrrole nitrogens is 1. The number of imidazole rings is 1. The molecule has 1 aromatic heterocycles. The molecule has 0 spiro atoms. The lowest BCUT2D eigenvalue weighted by Crippen LogP contribution is -1.92. The van der Waals surface area contributed by atoms with E-state index in [-0.39, 0.29) is 46.7 Å². The summed E-state index contributed by atoms with van der Waals surface area (Å²) >= 11 is 0. The van der Waals surface area contributed by atoms with Gasteiger partial charge in [-0.05, 0) is 30.3 Å². The molecule has 0 unspecified atom stereocenters. The summed E-state index contributed by atoms with van der Waals surface area (Å²) in [4.78, 5) is 6.99. The molecule has 2 aromatic carbocycles. The third-order valence-corrected chi connectivity index (χ3v) is 2.40. The number of benzene rings is 2. The van der Waals surface area contributed by atoms with Gasteiger partial charge < -0.3 is 10.7 Å². The van der Waals surface area contributed by atoms with Crippen molar-refractivity contribution < 1.29 is 9.87 Å². The van der Waals surface area contributed by atoms with Gasteiger partial charge in [-0.3, -0.25) is 0 Å². The van der Waals surface area contributed by atoms with Crippen LogP contribution in [0.2, 0.25) is 0 Å². The van der Waals surface area contributed by atoms with Gasteiger partial charge in [0.05, 0.1) is 16.5 Å². The molecule has 0 aliphatic carbocycles. The van der Waals surface area contributed by atoms with Gasteiger partial charge in [-0.15, -0.1) is 0 Å². The Labute approximate surface area is 103 Å². The first-order chi connectivity index (χ1) is 9.90. The van der Waals surface area contributed by atoms with Crippen LogP contribution in [0.1, 0.15) is 5.48 Å². The fourth-order valence-electron chi connectivity index (χ4n) is 1.62. The van der Waals surface area contributed by atoms with Gasteiger partial charge in [-0.25, -0.2) is 9.37 Å². The van der Waals surface area contributed by atoms with Crippen LogP contribution >= 0.6 is 0 Å². The lowest BCUT2D eigenvalue weighted by molar-refractivity contribution is 0.628. The molecule has 3 N–H and O–H groups in total. The predicted molar refractivity (Wildman–Crippen MR) is 65.9 cm³/mol. The molecule has 3 nitrogen and oxygen atoms in total. The molecular weight excluding hydrogens is 217 g/mol. The minimum absolute atomic E-state index is 0.125. The second-order valence-electron chi connectivity index (χ2n) is 3.54. The molecule has 3 rings (SSSR count). The summed E-state index contributed by atoms with van der Waals surface area (Å²) in [5, 5.41) is 0. The van der Waals surface area contributed by atoms with Crippen LogP contribution < -0.4 is 5.73 Å². The topological polar surface area (TPSA) is 54.7 Å². The summed E-state index contributed by atoms with van der Waals surface area (Å²) in [5.74, 6) is -0.203. The van der Waals surface area contributed by atoms with Crippen molar-refractivity contribution in [2.45, 2.75) is 0 Å². The molecule has 0 saturated carbocycles. The summed E-state index contributed by atoms with van der Waals surface area (Å²) in [7, 11) is 0. The molecule has 0 amide bonds. The molecule has 84 valence electrons. The zero-order valence-corrected chi connectivity index (χ0v) is 8.63. The fourth-order valence-corrected chi connectivity index (χ4v) is 1.62. The zero-order chi connectivity index (χ0) is 15.3. The summed E-state index contributed by atoms with van der Waals surface area (Å²) in [6, 6.07) is 2.71. The van der Waals surface area contributed by atoms with Gasteiger partial charge in [-0.2, -0.15) is 0 Å². The van der Waals surface area contributed by atoms with Crippen molar-refractivity contribution in [3.63, 3.8) is 0 Å². The lowest BCUT2D eigenvalue weighted by Gasteiger charge is -2.01. The molecule has 3 aromatic rings. The molecule has 0 radical (unpaired) electrons. The highest BCUT2D eigenvalue weighted by molar-refractivity contribution is 5.82. The number of nitrogen functional groups attached to an aromatic ring is 1. The number of hydrogen-bond donors (Lipinski definition) is 2. The van der Waals surface area contributed by atoms with Crippen molar-refractivity contribution >= 4 is 16.7 Å². The first kappa shape index (κ1) is 6.39. The van der Waals surface area contributed by atoms with Crippen LogP contribution in [0.25, 0.3) is 22.4 Å². The Bertz CT molecular complexity index is 831. The highest BCUT2D eigenvalue weighted by Crippen LogP contribution is 2.25. The van der Waals surface area contributed by atoms with Crippen LogP contribution in [0.15, 0.2) is 42.4 Å². The monoisotopic (exact) mass is 231 g/mol. The van der Waals surface area contributed by atoms with Crippen molar-refractivity contribution in [2.75, 3.05) is 5.73 Å². The Morgan fingerprint density at radius 1 is 1.29 bits per heavy atom. The minimum atomic E-state index is -0.475. The molecule has 1 heterocycles. The van der Waals surface area contributed by atoms with Crippen molar-refractivity contribution in [3.05, 3.63) is 48.2 Å². The number of fused-ring (bicyclic) bond motifs is 1. The summed E-state index contributed by atoms with van der Waals surface area (Å²) in [6.45, 7) is 0. The van der Waals surface area contributed by atoms with E-state index in [1.54, 1.807) is 0 Å². The Morgan fingerprint density at radius 3 is 2.94 bits per heavy atom. The van der Waals surface area contributed by atoms with Gasteiger partial charge in [0.15, 0.2) is 0 Å². The maximum atomic E-state index is 13.1. The summed E-state index contributed by atoms with van der Waals surface area (Å²) < 4.78 is 44.0. The van der Waals surface area contributed by atoms with Crippen LogP contribution in [0.4, 0.5) is 10.1 Å². The van der Waals surface area contributed by atoms with Gasteiger partial charge in [0.2, 0.25) is 0 Å². The van der Waals surface area contributed by atoms with E-state index < -0.39 is 5.82 Å². The minimum Gasteiger partial charge on any atom is -0.398 e. The molecule has 0 aliphatic rings. The number of nitrogens with zero attached hydrogens (tertiary/aromatic N) is 1. The van der Waals surface area contributed by atoms with E-state index in [0.29, 0.717) is 5.56 Å². The van der Waals surface area contributed by atoms with Crippen LogP contribution in [-0.2, 0) is 0 Å². The summed E-state index contributed by atoms with van der Waals surface area (Å²) in [5.41, 5.74) is 6.67. The van der Waals surface area contributed by atoms with E-state index in [9.17, 15) is 4.39 Å². The third-order valence-electron chi connectivity index (χ3n) is 2.40. The third kappa shape index (κ3) is 1.63. The van der Waals surface area contributed by atoms with E-state index in [2.05, 4.69) is 9.97 Å².